The molecule has 0 saturated carbocycles. The zero-order valence-corrected chi connectivity index (χ0v) is 10.8. The summed E-state index contributed by atoms with van der Waals surface area (Å²) in [6.07, 6.45) is 8.07. The van der Waals surface area contributed by atoms with E-state index in [1.807, 2.05) is 0 Å². The largest absolute Gasteiger partial charge is 0.317 e. The Morgan fingerprint density at radius 2 is 2.00 bits per heavy atom. The second-order valence-electron chi connectivity index (χ2n) is 5.17. The highest BCUT2D eigenvalue weighted by atomic mass is 14.9. The van der Waals surface area contributed by atoms with E-state index in [-0.39, 0.29) is 0 Å². The van der Waals surface area contributed by atoms with E-state index < -0.39 is 0 Å². The molecule has 1 aromatic rings. The predicted molar refractivity (Wildman–Crippen MR) is 73.3 cm³/mol. The normalized spacial score (nSPS) is 17.1. The quantitative estimate of drug-likeness (QED) is 0.765. The summed E-state index contributed by atoms with van der Waals surface area (Å²) in [5, 5.41) is 3.40. The molecule has 1 fully saturated rings. The molecule has 1 nitrogen and oxygen atoms in total. The molecule has 1 aliphatic heterocycles. The van der Waals surface area contributed by atoms with Crippen LogP contribution in [0.5, 0.6) is 0 Å². The monoisotopic (exact) mass is 227 g/mol. The summed E-state index contributed by atoms with van der Waals surface area (Å²) >= 11 is 0. The van der Waals surface area contributed by atoms with Gasteiger partial charge in [0.25, 0.3) is 0 Å². The van der Waals surface area contributed by atoms with Gasteiger partial charge in [0.15, 0.2) is 0 Å². The van der Waals surface area contributed by atoms with Gasteiger partial charge in [-0.15, -0.1) is 6.42 Å². The molecule has 2 rings (SSSR count). The topological polar surface area (TPSA) is 12.0 Å². The van der Waals surface area contributed by atoms with E-state index in [1.54, 1.807) is 0 Å². The SMILES string of the molecule is C#Cc1cc(C(C)C)ccc1C1CCNCC1. The Kier molecular flexibility index (Phi) is 3.86. The van der Waals surface area contributed by atoms with Gasteiger partial charge in [-0.05, 0) is 55.0 Å². The molecule has 1 N–H and O–H groups in total. The Morgan fingerprint density at radius 1 is 1.29 bits per heavy atom. The Labute approximate surface area is 105 Å². The van der Waals surface area contributed by atoms with Crippen LogP contribution < -0.4 is 5.32 Å². The van der Waals surface area contributed by atoms with Crippen LogP contribution >= 0.6 is 0 Å². The minimum Gasteiger partial charge on any atom is -0.317 e. The van der Waals surface area contributed by atoms with Crippen LogP contribution in [0.3, 0.4) is 0 Å². The van der Waals surface area contributed by atoms with Crippen LogP contribution in [0.1, 0.15) is 55.2 Å². The first-order valence-electron chi connectivity index (χ1n) is 6.53. The van der Waals surface area contributed by atoms with E-state index in [2.05, 4.69) is 43.3 Å². The van der Waals surface area contributed by atoms with Crippen molar-refractivity contribution in [2.45, 2.75) is 38.5 Å². The highest BCUT2D eigenvalue weighted by Crippen LogP contribution is 2.29. The van der Waals surface area contributed by atoms with Crippen LogP contribution in [-0.2, 0) is 0 Å². The van der Waals surface area contributed by atoms with Gasteiger partial charge in [0.1, 0.15) is 0 Å². The van der Waals surface area contributed by atoms with Gasteiger partial charge in [-0.2, -0.15) is 0 Å². The molecule has 1 heterocycles. The molecule has 1 aromatic carbocycles. The maximum atomic E-state index is 5.66. The molecule has 0 bridgehead atoms. The molecule has 90 valence electrons. The smallest absolute Gasteiger partial charge is 0.0280 e. The molecule has 17 heavy (non-hydrogen) atoms. The highest BCUT2D eigenvalue weighted by Gasteiger charge is 2.18. The van der Waals surface area contributed by atoms with Crippen LogP contribution in [0.25, 0.3) is 0 Å². The van der Waals surface area contributed by atoms with Crippen molar-refractivity contribution in [2.24, 2.45) is 0 Å². The van der Waals surface area contributed by atoms with Gasteiger partial charge in [-0.1, -0.05) is 31.9 Å². The number of hydrogen-bond acceptors (Lipinski definition) is 1. The molecule has 0 spiro atoms. The Bertz CT molecular complexity index is 420. The summed E-state index contributed by atoms with van der Waals surface area (Å²) in [5.74, 6) is 4.06. The highest BCUT2D eigenvalue weighted by molar-refractivity contribution is 5.45. The summed E-state index contributed by atoms with van der Waals surface area (Å²) < 4.78 is 0. The molecule has 1 heteroatoms. The van der Waals surface area contributed by atoms with Crippen molar-refractivity contribution in [3.05, 3.63) is 34.9 Å². The fourth-order valence-corrected chi connectivity index (χ4v) is 2.55. The first kappa shape index (κ1) is 12.2. The molecule has 0 amide bonds. The average molecular weight is 227 g/mol. The summed E-state index contributed by atoms with van der Waals surface area (Å²) in [7, 11) is 0. The molecule has 0 atom stereocenters. The number of piperidine rings is 1. The van der Waals surface area contributed by atoms with Crippen molar-refractivity contribution in [3.8, 4) is 12.3 Å². The Balaban J connectivity index is 2.30. The number of benzene rings is 1. The van der Waals surface area contributed by atoms with Gasteiger partial charge in [-0.25, -0.2) is 0 Å². The molecule has 0 aliphatic carbocycles. The standard InChI is InChI=1S/C16H21N/c1-4-13-11-15(12(2)3)5-6-16(13)14-7-9-17-10-8-14/h1,5-6,11-12,14,17H,7-10H2,2-3H3. The number of terminal acetylenes is 1. The van der Waals surface area contributed by atoms with Gasteiger partial charge in [0.2, 0.25) is 0 Å². The van der Waals surface area contributed by atoms with Crippen molar-refractivity contribution in [1.82, 2.24) is 5.32 Å². The lowest BCUT2D eigenvalue weighted by Gasteiger charge is -2.24. The van der Waals surface area contributed by atoms with Crippen molar-refractivity contribution in [3.63, 3.8) is 0 Å². The van der Waals surface area contributed by atoms with Crippen molar-refractivity contribution in [1.29, 1.82) is 0 Å². The molecule has 0 aromatic heterocycles. The Morgan fingerprint density at radius 3 is 2.59 bits per heavy atom. The van der Waals surface area contributed by atoms with Crippen molar-refractivity contribution in [2.75, 3.05) is 13.1 Å². The molecular formula is C16H21N. The maximum Gasteiger partial charge on any atom is 0.0280 e. The third-order valence-electron chi connectivity index (χ3n) is 3.68. The van der Waals surface area contributed by atoms with Crippen LogP contribution in [0, 0.1) is 12.3 Å². The second-order valence-corrected chi connectivity index (χ2v) is 5.17. The molecule has 1 aliphatic rings. The van der Waals surface area contributed by atoms with Gasteiger partial charge in [-0.3, -0.25) is 0 Å². The third kappa shape index (κ3) is 2.70. The third-order valence-corrected chi connectivity index (χ3v) is 3.68. The van der Waals surface area contributed by atoms with E-state index in [4.69, 9.17) is 6.42 Å². The number of nitrogens with one attached hydrogen (secondary N) is 1. The van der Waals surface area contributed by atoms with E-state index in [1.165, 1.54) is 24.0 Å². The van der Waals surface area contributed by atoms with Gasteiger partial charge >= 0.3 is 0 Å². The van der Waals surface area contributed by atoms with Crippen molar-refractivity contribution < 1.29 is 0 Å². The van der Waals surface area contributed by atoms with Crippen LogP contribution in [0.2, 0.25) is 0 Å². The minimum atomic E-state index is 0.546. The van der Waals surface area contributed by atoms with Crippen LogP contribution in [0.4, 0.5) is 0 Å². The summed E-state index contributed by atoms with van der Waals surface area (Å²) in [5.41, 5.74) is 3.82. The van der Waals surface area contributed by atoms with E-state index in [9.17, 15) is 0 Å². The molecule has 0 radical (unpaired) electrons. The van der Waals surface area contributed by atoms with E-state index >= 15 is 0 Å². The number of rotatable bonds is 2. The fourth-order valence-electron chi connectivity index (χ4n) is 2.55. The zero-order valence-electron chi connectivity index (χ0n) is 10.8. The van der Waals surface area contributed by atoms with Crippen LogP contribution in [0.15, 0.2) is 18.2 Å². The minimum absolute atomic E-state index is 0.546. The predicted octanol–water partition coefficient (Wildman–Crippen LogP) is 3.26. The lowest BCUT2D eigenvalue weighted by atomic mass is 9.85. The van der Waals surface area contributed by atoms with Gasteiger partial charge in [0.05, 0.1) is 0 Å². The van der Waals surface area contributed by atoms with Gasteiger partial charge in [0, 0.05) is 5.56 Å². The Hall–Kier alpha value is -1.26. The van der Waals surface area contributed by atoms with E-state index in [0.29, 0.717) is 11.8 Å². The zero-order chi connectivity index (χ0) is 12.3. The lowest BCUT2D eigenvalue weighted by Crippen LogP contribution is -2.27. The molecular weight excluding hydrogens is 206 g/mol. The first-order chi connectivity index (χ1) is 8.22. The van der Waals surface area contributed by atoms with Crippen LogP contribution in [-0.4, -0.2) is 13.1 Å². The van der Waals surface area contributed by atoms with Crippen molar-refractivity contribution >= 4 is 0 Å². The fraction of sp³-hybridized carbons (Fsp3) is 0.500. The number of hydrogen-bond donors (Lipinski definition) is 1. The molecule has 1 saturated heterocycles. The summed E-state index contributed by atoms with van der Waals surface area (Å²) in [4.78, 5) is 0. The average Bonchev–Trinajstić information content (AvgIpc) is 2.39. The van der Waals surface area contributed by atoms with E-state index in [0.717, 1.165) is 18.7 Å². The second kappa shape index (κ2) is 5.38. The summed E-state index contributed by atoms with van der Waals surface area (Å²) in [6.45, 7) is 6.64. The molecule has 0 unspecified atom stereocenters. The maximum absolute atomic E-state index is 5.66. The summed E-state index contributed by atoms with van der Waals surface area (Å²) in [6, 6.07) is 6.69. The lowest BCUT2D eigenvalue weighted by molar-refractivity contribution is 0.460. The first-order valence-corrected chi connectivity index (χ1v) is 6.53. The van der Waals surface area contributed by atoms with Gasteiger partial charge < -0.3 is 5.32 Å².